The Hall–Kier alpha value is -2.16. The number of nitrogens with one attached hydrogen (secondary N) is 1. The monoisotopic (exact) mass is 270 g/mol. The van der Waals surface area contributed by atoms with Gasteiger partial charge in [-0.15, -0.1) is 0 Å². The van der Waals surface area contributed by atoms with Gasteiger partial charge in [-0.1, -0.05) is 0 Å². The van der Waals surface area contributed by atoms with Crippen LogP contribution < -0.4 is 4.72 Å². The normalized spacial score (nSPS) is 11.6. The molecule has 0 aliphatic rings. The summed E-state index contributed by atoms with van der Waals surface area (Å²) in [5.74, 6) is -0.750. The van der Waals surface area contributed by atoms with Crippen molar-refractivity contribution in [1.82, 2.24) is 19.3 Å². The van der Waals surface area contributed by atoms with Crippen molar-refractivity contribution in [3.8, 4) is 5.75 Å². The Balaban J connectivity index is 2.30. The van der Waals surface area contributed by atoms with Gasteiger partial charge in [0.1, 0.15) is 6.33 Å². The van der Waals surface area contributed by atoms with Crippen LogP contribution in [-0.4, -0.2) is 40.3 Å². The Labute approximate surface area is 102 Å². The molecule has 9 heteroatoms. The van der Waals surface area contributed by atoms with Crippen molar-refractivity contribution in [3.05, 3.63) is 24.2 Å². The summed E-state index contributed by atoms with van der Waals surface area (Å²) in [6, 6.07) is 2.84. The van der Waals surface area contributed by atoms with Crippen molar-refractivity contribution < 1.29 is 18.3 Å². The molecule has 2 aromatic heterocycles. The average molecular weight is 270 g/mol. The molecule has 2 heterocycles. The van der Waals surface area contributed by atoms with E-state index < -0.39 is 15.9 Å². The number of fused-ring (bicyclic) bond motifs is 1. The Kier molecular flexibility index (Phi) is 2.91. The maximum atomic E-state index is 11.5. The lowest BCUT2D eigenvalue weighted by Crippen LogP contribution is -2.31. The van der Waals surface area contributed by atoms with Crippen molar-refractivity contribution in [2.75, 3.05) is 6.26 Å². The minimum atomic E-state index is -3.59. The number of nitrogens with zero attached hydrogens (tertiary/aromatic N) is 3. The molecule has 0 saturated heterocycles. The Bertz CT molecular complexity index is 706. The van der Waals surface area contributed by atoms with E-state index in [-0.39, 0.29) is 17.8 Å². The summed E-state index contributed by atoms with van der Waals surface area (Å²) >= 11 is 0. The fourth-order valence-corrected chi connectivity index (χ4v) is 1.97. The highest BCUT2D eigenvalue weighted by Gasteiger charge is 2.13. The Morgan fingerprint density at radius 1 is 1.50 bits per heavy atom. The first-order chi connectivity index (χ1) is 8.37. The van der Waals surface area contributed by atoms with Crippen molar-refractivity contribution in [3.63, 3.8) is 0 Å². The second-order valence-electron chi connectivity index (χ2n) is 3.68. The lowest BCUT2D eigenvalue weighted by atomic mass is 10.2. The van der Waals surface area contributed by atoms with Crippen LogP contribution in [0.4, 0.5) is 0 Å². The largest absolute Gasteiger partial charge is 0.504 e. The molecule has 0 bridgehead atoms. The Morgan fingerprint density at radius 3 is 2.89 bits per heavy atom. The summed E-state index contributed by atoms with van der Waals surface area (Å²) in [6.07, 6.45) is 1.94. The van der Waals surface area contributed by atoms with E-state index in [2.05, 4.69) is 10.1 Å². The third-order valence-electron chi connectivity index (χ3n) is 2.12. The molecule has 2 aromatic rings. The highest BCUT2D eigenvalue weighted by Crippen LogP contribution is 2.16. The molecule has 0 saturated carbocycles. The van der Waals surface area contributed by atoms with Gasteiger partial charge in [0.25, 0.3) is 0 Å². The van der Waals surface area contributed by atoms with Crippen LogP contribution in [-0.2, 0) is 21.2 Å². The fourth-order valence-electron chi connectivity index (χ4n) is 1.49. The van der Waals surface area contributed by atoms with E-state index in [0.29, 0.717) is 5.69 Å². The van der Waals surface area contributed by atoms with Gasteiger partial charge in [-0.25, -0.2) is 17.9 Å². The molecule has 8 nitrogen and oxygen atoms in total. The summed E-state index contributed by atoms with van der Waals surface area (Å²) in [6.45, 7) is 0. The average Bonchev–Trinajstić information content (AvgIpc) is 2.69. The molecule has 0 aliphatic heterocycles. The number of pyridine rings is 1. The molecule has 0 atom stereocenters. The van der Waals surface area contributed by atoms with E-state index in [4.69, 9.17) is 0 Å². The lowest BCUT2D eigenvalue weighted by molar-refractivity contribution is -0.118. The first-order valence-corrected chi connectivity index (χ1v) is 6.77. The van der Waals surface area contributed by atoms with E-state index in [9.17, 15) is 18.3 Å². The van der Waals surface area contributed by atoms with Crippen LogP contribution in [0.1, 0.15) is 5.69 Å². The molecule has 2 rings (SSSR count). The molecule has 0 radical (unpaired) electrons. The molecule has 1 amide bonds. The first kappa shape index (κ1) is 12.3. The van der Waals surface area contributed by atoms with Gasteiger partial charge in [0.15, 0.2) is 11.4 Å². The molecule has 2 N–H and O–H groups in total. The van der Waals surface area contributed by atoms with Crippen LogP contribution in [0.15, 0.2) is 18.5 Å². The van der Waals surface area contributed by atoms with Gasteiger partial charge in [0.05, 0.1) is 18.4 Å². The highest BCUT2D eigenvalue weighted by atomic mass is 32.2. The fraction of sp³-hybridized carbons (Fsp3) is 0.222. The van der Waals surface area contributed by atoms with Crippen molar-refractivity contribution in [2.45, 2.75) is 6.42 Å². The van der Waals surface area contributed by atoms with E-state index in [1.165, 1.54) is 23.0 Å². The number of amides is 1. The molecule has 0 aromatic carbocycles. The van der Waals surface area contributed by atoms with Crippen LogP contribution in [0.2, 0.25) is 0 Å². The zero-order chi connectivity index (χ0) is 13.3. The number of sulfonamides is 1. The van der Waals surface area contributed by atoms with Crippen molar-refractivity contribution in [1.29, 1.82) is 0 Å². The van der Waals surface area contributed by atoms with Gasteiger partial charge in [-0.05, 0) is 12.1 Å². The summed E-state index contributed by atoms with van der Waals surface area (Å²) in [5.41, 5.74) is 0.626. The molecular weight excluding hydrogens is 260 g/mol. The minimum Gasteiger partial charge on any atom is -0.504 e. The molecule has 18 heavy (non-hydrogen) atoms. The highest BCUT2D eigenvalue weighted by molar-refractivity contribution is 7.89. The van der Waals surface area contributed by atoms with Crippen LogP contribution in [0, 0.1) is 0 Å². The smallest absolute Gasteiger partial charge is 0.239 e. The second kappa shape index (κ2) is 4.26. The van der Waals surface area contributed by atoms with Crippen molar-refractivity contribution >= 4 is 21.6 Å². The predicted molar refractivity (Wildman–Crippen MR) is 61.3 cm³/mol. The maximum absolute atomic E-state index is 11.5. The SMILES string of the molecule is CS(=O)(=O)NC(=O)Cc1ccc(O)c2ncnn12. The molecular formula is C9H10N4O4S. The molecule has 96 valence electrons. The van der Waals surface area contributed by atoms with E-state index in [1.807, 2.05) is 4.72 Å². The third kappa shape index (κ3) is 2.56. The van der Waals surface area contributed by atoms with Crippen molar-refractivity contribution in [2.24, 2.45) is 0 Å². The van der Waals surface area contributed by atoms with Gasteiger partial charge in [0.2, 0.25) is 15.9 Å². The van der Waals surface area contributed by atoms with Crippen LogP contribution >= 0.6 is 0 Å². The second-order valence-corrected chi connectivity index (χ2v) is 5.43. The van der Waals surface area contributed by atoms with Crippen LogP contribution in [0.5, 0.6) is 5.75 Å². The number of aromatic hydroxyl groups is 1. The number of carbonyl (C=O) groups is 1. The maximum Gasteiger partial charge on any atom is 0.239 e. The zero-order valence-electron chi connectivity index (χ0n) is 9.36. The lowest BCUT2D eigenvalue weighted by Gasteiger charge is -2.05. The van der Waals surface area contributed by atoms with Gasteiger partial charge < -0.3 is 5.11 Å². The topological polar surface area (TPSA) is 114 Å². The minimum absolute atomic E-state index is 0.0697. The van der Waals surface area contributed by atoms with E-state index in [0.717, 1.165) is 6.26 Å². The summed E-state index contributed by atoms with van der Waals surface area (Å²) in [7, 11) is -3.59. The standard InChI is InChI=1S/C9H10N4O4S/c1-18(16,17)12-8(15)4-6-2-3-7(14)9-10-5-11-13(6)9/h2-3,5,14H,4H2,1H3,(H,12,15). The van der Waals surface area contributed by atoms with E-state index >= 15 is 0 Å². The quantitative estimate of drug-likeness (QED) is 0.743. The predicted octanol–water partition coefficient (Wildman–Crippen LogP) is -0.947. The summed E-state index contributed by atoms with van der Waals surface area (Å²) in [5, 5.41) is 13.3. The van der Waals surface area contributed by atoms with Gasteiger partial charge in [-0.2, -0.15) is 5.10 Å². The molecule has 0 spiro atoms. The zero-order valence-corrected chi connectivity index (χ0v) is 10.2. The third-order valence-corrected chi connectivity index (χ3v) is 2.72. The number of hydrogen-bond acceptors (Lipinski definition) is 6. The first-order valence-electron chi connectivity index (χ1n) is 4.88. The Morgan fingerprint density at radius 2 is 2.22 bits per heavy atom. The number of carbonyl (C=O) groups excluding carboxylic acids is 1. The van der Waals surface area contributed by atoms with Gasteiger partial charge >= 0.3 is 0 Å². The van der Waals surface area contributed by atoms with Crippen LogP contribution in [0.25, 0.3) is 5.65 Å². The molecule has 0 unspecified atom stereocenters. The van der Waals surface area contributed by atoms with Gasteiger partial charge in [-0.3, -0.25) is 9.52 Å². The van der Waals surface area contributed by atoms with E-state index in [1.54, 1.807) is 0 Å². The van der Waals surface area contributed by atoms with Crippen LogP contribution in [0.3, 0.4) is 0 Å². The molecule has 0 aliphatic carbocycles. The molecule has 0 fully saturated rings. The summed E-state index contributed by atoms with van der Waals surface area (Å²) in [4.78, 5) is 15.3. The number of hydrogen-bond donors (Lipinski definition) is 2. The number of aromatic nitrogens is 3. The van der Waals surface area contributed by atoms with Gasteiger partial charge in [0, 0.05) is 0 Å². The summed E-state index contributed by atoms with van der Waals surface area (Å²) < 4.78 is 24.9. The number of rotatable bonds is 3.